The van der Waals surface area contributed by atoms with Crippen LogP contribution < -0.4 is 0 Å². The van der Waals surface area contributed by atoms with Gasteiger partial charge in [-0.1, -0.05) is 116 Å². The molecule has 1 fully saturated rings. The molecule has 0 amide bonds. The Morgan fingerprint density at radius 3 is 1.98 bits per heavy atom. The number of hydrogen-bond donors (Lipinski definition) is 3. The molecule has 1 heterocycles. The van der Waals surface area contributed by atoms with Crippen LogP contribution >= 0.6 is 0 Å². The fourth-order valence-electron chi connectivity index (χ4n) is 7.12. The zero-order valence-electron chi connectivity index (χ0n) is 22.9. The van der Waals surface area contributed by atoms with Crippen LogP contribution in [0.2, 0.25) is 6.32 Å². The van der Waals surface area contributed by atoms with Crippen LogP contribution in [0.15, 0.2) is 109 Å². The molecule has 0 saturated carbocycles. The van der Waals surface area contributed by atoms with E-state index in [1.165, 1.54) is 0 Å². The standard InChI is InChI=1S/C34H34BNO5/c37-32(38)31-33(20-11-21-35(39)40,24-41-22-25-12-3-1-4-13-25)23-36(31)34(26-14-5-2-6-15-26)29-18-9-7-16-27(29)28-17-8-10-19-30(28)34/h1-10,12-19,31,39-40H,11,20-24H2,(H,37,38)/t31-,33-/m1/s1. The van der Waals surface area contributed by atoms with Crippen molar-refractivity contribution in [3.8, 4) is 11.1 Å². The molecule has 0 unspecified atom stereocenters. The number of aliphatic carboxylic acids is 1. The zero-order valence-corrected chi connectivity index (χ0v) is 22.9. The molecule has 0 radical (unpaired) electrons. The van der Waals surface area contributed by atoms with Gasteiger partial charge in [0.2, 0.25) is 0 Å². The highest BCUT2D eigenvalue weighted by Gasteiger charge is 2.65. The lowest BCUT2D eigenvalue weighted by atomic mass is 9.62. The van der Waals surface area contributed by atoms with E-state index in [0.29, 0.717) is 26.0 Å². The summed E-state index contributed by atoms with van der Waals surface area (Å²) in [4.78, 5) is 15.4. The molecule has 6 nitrogen and oxygen atoms in total. The van der Waals surface area contributed by atoms with Gasteiger partial charge in [-0.25, -0.2) is 0 Å². The Hall–Kier alpha value is -3.75. The number of ether oxygens (including phenoxy) is 1. The number of nitrogens with zero attached hydrogens (tertiary/aromatic N) is 1. The fourth-order valence-corrected chi connectivity index (χ4v) is 7.12. The zero-order chi connectivity index (χ0) is 28.5. The van der Waals surface area contributed by atoms with Gasteiger partial charge in [-0.2, -0.15) is 0 Å². The smallest absolute Gasteiger partial charge is 0.451 e. The van der Waals surface area contributed by atoms with E-state index in [1.807, 2.05) is 72.8 Å². The topological polar surface area (TPSA) is 90.2 Å². The number of carboxylic acids is 1. The SMILES string of the molecule is O=C(O)[C@H]1N(C2(c3ccccc3)c3ccccc3-c3ccccc32)C[C@]1(CCCB(O)O)COCc1ccccc1. The molecule has 0 spiro atoms. The van der Waals surface area contributed by atoms with Gasteiger partial charge in [-0.3, -0.25) is 9.69 Å². The number of carboxylic acid groups (broad SMARTS) is 1. The van der Waals surface area contributed by atoms with E-state index in [2.05, 4.69) is 41.3 Å². The molecule has 6 rings (SSSR count). The Morgan fingerprint density at radius 1 is 0.829 bits per heavy atom. The van der Waals surface area contributed by atoms with E-state index < -0.39 is 30.1 Å². The quantitative estimate of drug-likeness (QED) is 0.224. The van der Waals surface area contributed by atoms with Crippen molar-refractivity contribution >= 4 is 13.1 Å². The Balaban J connectivity index is 1.44. The molecule has 7 heteroatoms. The van der Waals surface area contributed by atoms with E-state index in [9.17, 15) is 19.9 Å². The Morgan fingerprint density at radius 2 is 1.39 bits per heavy atom. The minimum atomic E-state index is -1.43. The van der Waals surface area contributed by atoms with Gasteiger partial charge in [0.1, 0.15) is 6.04 Å². The largest absolute Gasteiger partial charge is 0.480 e. The van der Waals surface area contributed by atoms with Gasteiger partial charge in [0.15, 0.2) is 0 Å². The first-order valence-electron chi connectivity index (χ1n) is 14.2. The number of benzene rings is 4. The molecule has 1 aliphatic carbocycles. The van der Waals surface area contributed by atoms with Gasteiger partial charge in [0.05, 0.1) is 18.8 Å². The molecule has 2 aliphatic rings. The van der Waals surface area contributed by atoms with E-state index in [4.69, 9.17) is 4.74 Å². The Labute approximate surface area is 241 Å². The van der Waals surface area contributed by atoms with Gasteiger partial charge >= 0.3 is 13.1 Å². The van der Waals surface area contributed by atoms with Gasteiger partial charge in [-0.05, 0) is 46.1 Å². The van der Waals surface area contributed by atoms with Crippen LogP contribution in [0.3, 0.4) is 0 Å². The van der Waals surface area contributed by atoms with Crippen molar-refractivity contribution in [1.82, 2.24) is 4.90 Å². The highest BCUT2D eigenvalue weighted by molar-refractivity contribution is 6.40. The number of hydrogen-bond acceptors (Lipinski definition) is 5. The van der Waals surface area contributed by atoms with Crippen molar-refractivity contribution in [2.75, 3.05) is 13.2 Å². The van der Waals surface area contributed by atoms with Crippen LogP contribution in [0, 0.1) is 5.41 Å². The predicted molar refractivity (Wildman–Crippen MR) is 159 cm³/mol. The van der Waals surface area contributed by atoms with E-state index in [0.717, 1.165) is 33.4 Å². The number of rotatable bonds is 11. The minimum Gasteiger partial charge on any atom is -0.480 e. The number of likely N-dealkylation sites (tertiary alicyclic amines) is 1. The third-order valence-electron chi connectivity index (χ3n) is 8.80. The van der Waals surface area contributed by atoms with Crippen molar-refractivity contribution in [2.45, 2.75) is 37.3 Å². The first kappa shape index (κ1) is 27.4. The number of carbonyl (C=O) groups is 1. The summed E-state index contributed by atoms with van der Waals surface area (Å²) in [5.74, 6) is -0.902. The Kier molecular flexibility index (Phi) is 7.53. The molecule has 3 N–H and O–H groups in total. The minimum absolute atomic E-state index is 0.183. The third kappa shape index (κ3) is 4.69. The normalized spacial score (nSPS) is 20.6. The van der Waals surface area contributed by atoms with Crippen molar-refractivity contribution < 1.29 is 24.7 Å². The highest BCUT2D eigenvalue weighted by atomic mass is 16.5. The number of fused-ring (bicyclic) bond motifs is 3. The average molecular weight is 547 g/mol. The van der Waals surface area contributed by atoms with Gasteiger partial charge in [-0.15, -0.1) is 0 Å². The van der Waals surface area contributed by atoms with Gasteiger partial charge in [0, 0.05) is 12.0 Å². The summed E-state index contributed by atoms with van der Waals surface area (Å²) in [5.41, 5.74) is 4.91. The monoisotopic (exact) mass is 547 g/mol. The summed E-state index contributed by atoms with van der Waals surface area (Å²) >= 11 is 0. The molecule has 0 aromatic heterocycles. The molecule has 4 aromatic rings. The lowest BCUT2D eigenvalue weighted by Gasteiger charge is -2.62. The molecule has 4 aromatic carbocycles. The first-order valence-corrected chi connectivity index (χ1v) is 14.2. The summed E-state index contributed by atoms with van der Waals surface area (Å²) in [6.07, 6.45) is 1.17. The van der Waals surface area contributed by atoms with Crippen LogP contribution in [-0.2, 0) is 21.7 Å². The van der Waals surface area contributed by atoms with Crippen molar-refractivity contribution in [2.24, 2.45) is 5.41 Å². The predicted octanol–water partition coefficient (Wildman–Crippen LogP) is 5.18. The molecular formula is C34H34BNO5. The molecule has 0 bridgehead atoms. The fraction of sp³-hybridized carbons (Fsp3) is 0.265. The lowest BCUT2D eigenvalue weighted by molar-refractivity contribution is -0.189. The van der Waals surface area contributed by atoms with Crippen LogP contribution in [0.1, 0.15) is 35.1 Å². The molecular weight excluding hydrogens is 513 g/mol. The van der Waals surface area contributed by atoms with Crippen molar-refractivity contribution in [3.63, 3.8) is 0 Å². The van der Waals surface area contributed by atoms with Gasteiger partial charge < -0.3 is 19.9 Å². The van der Waals surface area contributed by atoms with Crippen LogP contribution in [0.5, 0.6) is 0 Å². The molecule has 41 heavy (non-hydrogen) atoms. The Bertz CT molecular complexity index is 1470. The highest BCUT2D eigenvalue weighted by Crippen LogP contribution is 2.60. The maximum Gasteiger partial charge on any atom is 0.451 e. The van der Waals surface area contributed by atoms with Crippen molar-refractivity contribution in [3.05, 3.63) is 131 Å². The average Bonchev–Trinajstić information content (AvgIpc) is 3.27. The van der Waals surface area contributed by atoms with Crippen LogP contribution in [0.4, 0.5) is 0 Å². The maximum absolute atomic E-state index is 13.3. The second-order valence-corrected chi connectivity index (χ2v) is 11.2. The lowest BCUT2D eigenvalue weighted by Crippen LogP contribution is -2.74. The van der Waals surface area contributed by atoms with Gasteiger partial charge in [0.25, 0.3) is 0 Å². The molecule has 1 aliphatic heterocycles. The van der Waals surface area contributed by atoms with E-state index in [1.54, 1.807) is 0 Å². The second kappa shape index (κ2) is 11.3. The molecule has 2 atom stereocenters. The van der Waals surface area contributed by atoms with Crippen molar-refractivity contribution in [1.29, 1.82) is 0 Å². The summed E-state index contributed by atoms with van der Waals surface area (Å²) in [6, 6.07) is 35.8. The first-order chi connectivity index (χ1) is 20.0. The second-order valence-electron chi connectivity index (χ2n) is 11.2. The van der Waals surface area contributed by atoms with E-state index >= 15 is 0 Å². The third-order valence-corrected chi connectivity index (χ3v) is 8.80. The summed E-state index contributed by atoms with van der Waals surface area (Å²) in [5, 5.41) is 30.0. The summed E-state index contributed by atoms with van der Waals surface area (Å²) in [6.45, 7) is 1.12. The summed E-state index contributed by atoms with van der Waals surface area (Å²) in [7, 11) is -1.43. The van der Waals surface area contributed by atoms with E-state index in [-0.39, 0.29) is 12.9 Å². The molecule has 208 valence electrons. The van der Waals surface area contributed by atoms with Crippen LogP contribution in [-0.4, -0.2) is 52.3 Å². The maximum atomic E-state index is 13.3. The van der Waals surface area contributed by atoms with Crippen LogP contribution in [0.25, 0.3) is 11.1 Å². The molecule has 1 saturated heterocycles. The summed E-state index contributed by atoms with van der Waals surface area (Å²) < 4.78 is 6.24.